The molecule has 1 N–H and O–H groups in total. The first kappa shape index (κ1) is 22.4. The number of hydrogen-bond donors (Lipinski definition) is 1. The molecule has 0 spiro atoms. The standard InChI is InChI=1S/C19H30N6.HI/c1-15-9-7-8-10-16(15)13-24(5)19(20-2)21-12-18(23(3)4)17-11-22-25(6)14-17;/h7-11,14,18H,12-13H2,1-6H3,(H,20,21);1H. The fourth-order valence-corrected chi connectivity index (χ4v) is 2.90. The molecule has 1 heterocycles. The van der Waals surface area contributed by atoms with Gasteiger partial charge in [0.1, 0.15) is 0 Å². The Hall–Kier alpha value is -1.61. The van der Waals surface area contributed by atoms with Crippen LogP contribution in [-0.2, 0) is 13.6 Å². The number of hydrogen-bond acceptors (Lipinski definition) is 3. The number of aromatic nitrogens is 2. The number of benzene rings is 1. The molecule has 2 rings (SSSR count). The van der Waals surface area contributed by atoms with Crippen molar-refractivity contribution in [1.29, 1.82) is 0 Å². The second-order valence-electron chi connectivity index (χ2n) is 6.64. The van der Waals surface area contributed by atoms with E-state index in [2.05, 4.69) is 83.7 Å². The lowest BCUT2D eigenvalue weighted by atomic mass is 10.1. The summed E-state index contributed by atoms with van der Waals surface area (Å²) in [7, 11) is 10.00. The van der Waals surface area contributed by atoms with Crippen molar-refractivity contribution >= 4 is 29.9 Å². The minimum Gasteiger partial charge on any atom is -0.354 e. The van der Waals surface area contributed by atoms with Crippen molar-refractivity contribution in [2.75, 3.05) is 34.7 Å². The van der Waals surface area contributed by atoms with E-state index in [-0.39, 0.29) is 30.0 Å². The van der Waals surface area contributed by atoms with E-state index in [1.54, 1.807) is 0 Å². The Morgan fingerprint density at radius 1 is 1.27 bits per heavy atom. The maximum absolute atomic E-state index is 4.44. The van der Waals surface area contributed by atoms with Crippen LogP contribution in [0.25, 0.3) is 0 Å². The van der Waals surface area contributed by atoms with Gasteiger partial charge < -0.3 is 15.1 Å². The van der Waals surface area contributed by atoms with Crippen LogP contribution in [0.4, 0.5) is 0 Å². The van der Waals surface area contributed by atoms with Gasteiger partial charge in [0.25, 0.3) is 0 Å². The Balaban J connectivity index is 0.00000338. The second kappa shape index (κ2) is 10.5. The van der Waals surface area contributed by atoms with Crippen LogP contribution < -0.4 is 5.32 Å². The van der Waals surface area contributed by atoms with Gasteiger partial charge in [-0.15, -0.1) is 24.0 Å². The second-order valence-corrected chi connectivity index (χ2v) is 6.64. The summed E-state index contributed by atoms with van der Waals surface area (Å²) in [5, 5.41) is 7.78. The maximum Gasteiger partial charge on any atom is 0.193 e. The molecule has 0 aliphatic rings. The molecule has 0 aliphatic carbocycles. The SMILES string of the molecule is CN=C(NCC(c1cnn(C)c1)N(C)C)N(C)Cc1ccccc1C.I. The highest BCUT2D eigenvalue weighted by atomic mass is 127. The average Bonchev–Trinajstić information content (AvgIpc) is 2.99. The van der Waals surface area contributed by atoms with E-state index in [1.807, 2.05) is 25.0 Å². The third-order valence-corrected chi connectivity index (χ3v) is 4.43. The number of aliphatic imine (C=N–C) groups is 1. The molecular weight excluding hydrogens is 439 g/mol. The molecule has 144 valence electrons. The molecule has 0 fully saturated rings. The van der Waals surface area contributed by atoms with Crippen LogP contribution in [0, 0.1) is 6.92 Å². The first-order valence-corrected chi connectivity index (χ1v) is 8.53. The lowest BCUT2D eigenvalue weighted by Gasteiger charge is -2.28. The smallest absolute Gasteiger partial charge is 0.193 e. The number of likely N-dealkylation sites (N-methyl/N-ethyl adjacent to an activating group) is 1. The molecular formula is C19H31IN6. The summed E-state index contributed by atoms with van der Waals surface area (Å²) in [6, 6.07) is 8.69. The summed E-state index contributed by atoms with van der Waals surface area (Å²) in [4.78, 5) is 8.78. The molecule has 7 heteroatoms. The van der Waals surface area contributed by atoms with Gasteiger partial charge >= 0.3 is 0 Å². The topological polar surface area (TPSA) is 48.7 Å². The van der Waals surface area contributed by atoms with E-state index in [0.29, 0.717) is 0 Å². The van der Waals surface area contributed by atoms with Crippen LogP contribution >= 0.6 is 24.0 Å². The van der Waals surface area contributed by atoms with Gasteiger partial charge in [-0.3, -0.25) is 9.67 Å². The molecule has 1 aromatic heterocycles. The Labute approximate surface area is 174 Å². The zero-order valence-corrected chi connectivity index (χ0v) is 18.9. The van der Waals surface area contributed by atoms with Crippen LogP contribution in [0.15, 0.2) is 41.7 Å². The fourth-order valence-electron chi connectivity index (χ4n) is 2.90. The molecule has 26 heavy (non-hydrogen) atoms. The zero-order chi connectivity index (χ0) is 18.4. The quantitative estimate of drug-likeness (QED) is 0.401. The van der Waals surface area contributed by atoms with E-state index in [9.17, 15) is 0 Å². The molecule has 0 radical (unpaired) electrons. The lowest BCUT2D eigenvalue weighted by Crippen LogP contribution is -2.42. The van der Waals surface area contributed by atoms with Gasteiger partial charge in [-0.2, -0.15) is 5.10 Å². The van der Waals surface area contributed by atoms with E-state index >= 15 is 0 Å². The number of guanidine groups is 1. The molecule has 0 bridgehead atoms. The van der Waals surface area contributed by atoms with Crippen molar-refractivity contribution in [1.82, 2.24) is 24.9 Å². The van der Waals surface area contributed by atoms with Crippen molar-refractivity contribution < 1.29 is 0 Å². The Morgan fingerprint density at radius 3 is 2.50 bits per heavy atom. The minimum atomic E-state index is 0. The molecule has 1 atom stereocenters. The van der Waals surface area contributed by atoms with Crippen LogP contribution in [0.1, 0.15) is 22.7 Å². The third-order valence-electron chi connectivity index (χ3n) is 4.43. The van der Waals surface area contributed by atoms with Gasteiger partial charge in [0.2, 0.25) is 0 Å². The largest absolute Gasteiger partial charge is 0.354 e. The minimum absolute atomic E-state index is 0. The number of rotatable bonds is 6. The van der Waals surface area contributed by atoms with Crippen molar-refractivity contribution in [3.63, 3.8) is 0 Å². The van der Waals surface area contributed by atoms with Crippen molar-refractivity contribution in [2.24, 2.45) is 12.0 Å². The third kappa shape index (κ3) is 5.98. The summed E-state index contributed by atoms with van der Waals surface area (Å²) in [5.41, 5.74) is 3.80. The van der Waals surface area contributed by atoms with E-state index in [0.717, 1.165) is 19.0 Å². The monoisotopic (exact) mass is 470 g/mol. The van der Waals surface area contributed by atoms with E-state index < -0.39 is 0 Å². The average molecular weight is 470 g/mol. The first-order chi connectivity index (χ1) is 11.9. The van der Waals surface area contributed by atoms with Crippen LogP contribution in [0.5, 0.6) is 0 Å². The van der Waals surface area contributed by atoms with Gasteiger partial charge in [0, 0.05) is 46.0 Å². The maximum atomic E-state index is 4.44. The highest BCUT2D eigenvalue weighted by Gasteiger charge is 2.17. The number of nitrogens with one attached hydrogen (secondary N) is 1. The predicted octanol–water partition coefficient (Wildman–Crippen LogP) is 2.66. The Bertz CT molecular complexity index is 710. The molecule has 0 aliphatic heterocycles. The normalized spacial score (nSPS) is 12.7. The predicted molar refractivity (Wildman–Crippen MR) is 119 cm³/mol. The van der Waals surface area contributed by atoms with Crippen molar-refractivity contribution in [3.05, 3.63) is 53.3 Å². The van der Waals surface area contributed by atoms with Crippen LogP contribution in [0.2, 0.25) is 0 Å². The highest BCUT2D eigenvalue weighted by molar-refractivity contribution is 14.0. The fraction of sp³-hybridized carbons (Fsp3) is 0.474. The molecule has 6 nitrogen and oxygen atoms in total. The van der Waals surface area contributed by atoms with E-state index in [1.165, 1.54) is 16.7 Å². The lowest BCUT2D eigenvalue weighted by molar-refractivity contribution is 0.295. The Morgan fingerprint density at radius 2 is 1.96 bits per heavy atom. The highest BCUT2D eigenvalue weighted by Crippen LogP contribution is 2.16. The van der Waals surface area contributed by atoms with Crippen molar-refractivity contribution in [3.8, 4) is 0 Å². The molecule has 0 amide bonds. The zero-order valence-electron chi connectivity index (χ0n) is 16.6. The summed E-state index contributed by atoms with van der Waals surface area (Å²) >= 11 is 0. The number of halogens is 1. The Kier molecular flexibility index (Phi) is 9.07. The molecule has 0 saturated heterocycles. The molecule has 2 aromatic rings. The van der Waals surface area contributed by atoms with Crippen LogP contribution in [-0.4, -0.2) is 60.3 Å². The number of aryl methyl sites for hydroxylation is 2. The summed E-state index contributed by atoms with van der Waals surface area (Å²) in [6.45, 7) is 3.74. The summed E-state index contributed by atoms with van der Waals surface area (Å²) in [6.07, 6.45) is 3.98. The first-order valence-electron chi connectivity index (χ1n) is 8.53. The van der Waals surface area contributed by atoms with Crippen molar-refractivity contribution in [2.45, 2.75) is 19.5 Å². The van der Waals surface area contributed by atoms with E-state index in [4.69, 9.17) is 0 Å². The molecule has 1 aromatic carbocycles. The van der Waals surface area contributed by atoms with Gasteiger partial charge in [0.05, 0.1) is 12.2 Å². The number of nitrogens with zero attached hydrogens (tertiary/aromatic N) is 5. The molecule has 0 saturated carbocycles. The summed E-state index contributed by atoms with van der Waals surface area (Å²) < 4.78 is 1.84. The molecule has 1 unspecified atom stereocenters. The summed E-state index contributed by atoms with van der Waals surface area (Å²) in [5.74, 6) is 0.888. The van der Waals surface area contributed by atoms with Crippen LogP contribution in [0.3, 0.4) is 0 Å². The van der Waals surface area contributed by atoms with Gasteiger partial charge in [0.15, 0.2) is 5.96 Å². The van der Waals surface area contributed by atoms with Gasteiger partial charge in [-0.25, -0.2) is 0 Å². The van der Waals surface area contributed by atoms with Gasteiger partial charge in [-0.1, -0.05) is 24.3 Å². The van der Waals surface area contributed by atoms with Gasteiger partial charge in [-0.05, 0) is 32.1 Å².